The normalized spacial score (nSPS) is 11.8. The first-order chi connectivity index (χ1) is 13.1. The Morgan fingerprint density at radius 1 is 1.18 bits per heavy atom. The lowest BCUT2D eigenvalue weighted by Crippen LogP contribution is -2.46. The fourth-order valence-corrected chi connectivity index (χ4v) is 2.52. The highest BCUT2D eigenvalue weighted by Crippen LogP contribution is 2.19. The van der Waals surface area contributed by atoms with Crippen LogP contribution in [-0.4, -0.2) is 44.8 Å². The third-order valence-electron chi connectivity index (χ3n) is 3.56. The molecule has 2 aromatic heterocycles. The number of rotatable bonds is 5. The van der Waals surface area contributed by atoms with Gasteiger partial charge in [-0.15, -0.1) is 0 Å². The van der Waals surface area contributed by atoms with Crippen LogP contribution in [0.3, 0.4) is 0 Å². The summed E-state index contributed by atoms with van der Waals surface area (Å²) >= 11 is 6.07. The molecule has 28 heavy (non-hydrogen) atoms. The van der Waals surface area contributed by atoms with E-state index < -0.39 is 24.0 Å². The molecule has 0 aliphatic carbocycles. The smallest absolute Gasteiger partial charge is 0.359 e. The molecule has 0 aromatic carbocycles. The average molecular weight is 408 g/mol. The highest BCUT2D eigenvalue weighted by molar-refractivity contribution is 6.33. The second kappa shape index (κ2) is 8.83. The quantitative estimate of drug-likeness (QED) is 0.735. The topological polar surface area (TPSA) is 115 Å². The Morgan fingerprint density at radius 2 is 1.86 bits per heavy atom. The van der Waals surface area contributed by atoms with E-state index in [1.807, 2.05) is 19.9 Å². The van der Waals surface area contributed by atoms with E-state index in [9.17, 15) is 14.4 Å². The molecule has 3 amide bonds. The van der Waals surface area contributed by atoms with Crippen molar-refractivity contribution >= 4 is 29.5 Å². The van der Waals surface area contributed by atoms with Crippen molar-refractivity contribution in [2.45, 2.75) is 46.8 Å². The zero-order valence-corrected chi connectivity index (χ0v) is 17.0. The molecular formula is C18H22ClN5O4. The molecule has 0 saturated heterocycles. The number of hydrogen-bond acceptors (Lipinski definition) is 6. The third kappa shape index (κ3) is 5.29. The summed E-state index contributed by atoms with van der Waals surface area (Å²) < 4.78 is 6.67. The van der Waals surface area contributed by atoms with Gasteiger partial charge in [0.15, 0.2) is 17.6 Å². The number of aromatic nitrogens is 3. The van der Waals surface area contributed by atoms with Crippen LogP contribution in [0.5, 0.6) is 0 Å². The van der Waals surface area contributed by atoms with Crippen molar-refractivity contribution in [3.05, 3.63) is 40.3 Å². The fraction of sp³-hybridized carbons (Fsp3) is 0.389. The number of urea groups is 1. The van der Waals surface area contributed by atoms with Crippen LogP contribution in [0.1, 0.15) is 42.6 Å². The first-order valence-electron chi connectivity index (χ1n) is 8.61. The van der Waals surface area contributed by atoms with Crippen LogP contribution in [-0.2, 0) is 9.53 Å². The molecule has 0 spiro atoms. The first kappa shape index (κ1) is 21.4. The minimum absolute atomic E-state index is 0.0699. The van der Waals surface area contributed by atoms with E-state index in [4.69, 9.17) is 16.3 Å². The molecule has 0 saturated carbocycles. The van der Waals surface area contributed by atoms with Crippen molar-refractivity contribution < 1.29 is 19.1 Å². The number of carbonyl (C=O) groups excluding carboxylic acids is 3. The number of pyridine rings is 1. The van der Waals surface area contributed by atoms with Gasteiger partial charge in [-0.25, -0.2) is 19.3 Å². The molecule has 10 heteroatoms. The summed E-state index contributed by atoms with van der Waals surface area (Å²) in [5.74, 6) is -1.27. The first-order valence-corrected chi connectivity index (χ1v) is 8.98. The summed E-state index contributed by atoms with van der Waals surface area (Å²) in [5, 5.41) is 8.97. The summed E-state index contributed by atoms with van der Waals surface area (Å²) in [7, 11) is 0. The number of aryl methyl sites for hydroxylation is 2. The minimum atomic E-state index is -1.22. The van der Waals surface area contributed by atoms with Gasteiger partial charge in [-0.2, -0.15) is 5.10 Å². The number of nitrogens with one attached hydrogen (secondary N) is 2. The van der Waals surface area contributed by atoms with Crippen molar-refractivity contribution in [2.24, 2.45) is 0 Å². The van der Waals surface area contributed by atoms with Gasteiger partial charge in [-0.3, -0.25) is 10.1 Å². The van der Waals surface area contributed by atoms with Crippen LogP contribution in [0.15, 0.2) is 18.2 Å². The lowest BCUT2D eigenvalue weighted by Gasteiger charge is -2.15. The molecule has 2 rings (SSSR count). The van der Waals surface area contributed by atoms with Crippen molar-refractivity contribution in [3.63, 3.8) is 0 Å². The number of nitrogens with zero attached hydrogens (tertiary/aromatic N) is 3. The van der Waals surface area contributed by atoms with E-state index in [0.717, 1.165) is 11.4 Å². The highest BCUT2D eigenvalue weighted by Gasteiger charge is 2.24. The maximum atomic E-state index is 12.4. The summed E-state index contributed by atoms with van der Waals surface area (Å²) in [6.45, 7) is 8.52. The van der Waals surface area contributed by atoms with Gasteiger partial charge in [0.1, 0.15) is 0 Å². The maximum Gasteiger partial charge on any atom is 0.359 e. The Balaban J connectivity index is 2.13. The van der Waals surface area contributed by atoms with Gasteiger partial charge in [-0.05, 0) is 52.8 Å². The van der Waals surface area contributed by atoms with Crippen LogP contribution in [0.25, 0.3) is 5.82 Å². The number of halogens is 1. The number of esters is 1. The lowest BCUT2D eigenvalue weighted by molar-refractivity contribution is -0.127. The van der Waals surface area contributed by atoms with Gasteiger partial charge in [0.25, 0.3) is 5.91 Å². The number of hydrogen-bond donors (Lipinski definition) is 2. The zero-order chi connectivity index (χ0) is 21.0. The van der Waals surface area contributed by atoms with E-state index in [2.05, 4.69) is 20.7 Å². The largest absolute Gasteiger partial charge is 0.448 e. The second-order valence-electron chi connectivity index (χ2n) is 6.50. The molecule has 9 nitrogen and oxygen atoms in total. The molecule has 2 N–H and O–H groups in total. The summed E-state index contributed by atoms with van der Waals surface area (Å²) in [6, 6.07) is 4.15. The van der Waals surface area contributed by atoms with Crippen molar-refractivity contribution in [2.75, 3.05) is 0 Å². The third-order valence-corrected chi connectivity index (χ3v) is 3.87. The number of carbonyl (C=O) groups is 3. The van der Waals surface area contributed by atoms with E-state index in [1.165, 1.54) is 13.0 Å². The van der Waals surface area contributed by atoms with Crippen molar-refractivity contribution in [1.29, 1.82) is 0 Å². The Morgan fingerprint density at radius 3 is 2.43 bits per heavy atom. The Kier molecular flexibility index (Phi) is 6.74. The van der Waals surface area contributed by atoms with Crippen LogP contribution in [0, 0.1) is 13.8 Å². The van der Waals surface area contributed by atoms with Crippen molar-refractivity contribution in [1.82, 2.24) is 25.4 Å². The van der Waals surface area contributed by atoms with Crippen molar-refractivity contribution in [3.8, 4) is 5.82 Å². The molecule has 2 aromatic rings. The standard InChI is InChI=1S/C18H22ClN5O4/c1-9(2)20-18(27)22-16(25)12(5)28-17(26)15-13(19)6-7-14(21-15)24-11(4)8-10(3)23-24/h6-9,12H,1-5H3,(H2,20,22,25,27). The van der Waals surface area contributed by atoms with Gasteiger partial charge in [-0.1, -0.05) is 11.6 Å². The van der Waals surface area contributed by atoms with Gasteiger partial charge in [0.2, 0.25) is 0 Å². The molecule has 2 heterocycles. The fourth-order valence-electron chi connectivity index (χ4n) is 2.34. The predicted molar refractivity (Wildman–Crippen MR) is 103 cm³/mol. The molecule has 1 unspecified atom stereocenters. The number of amides is 3. The van der Waals surface area contributed by atoms with E-state index in [0.29, 0.717) is 5.82 Å². The molecule has 0 radical (unpaired) electrons. The summed E-state index contributed by atoms with van der Waals surface area (Å²) in [6.07, 6.45) is -1.22. The SMILES string of the molecule is Cc1cc(C)n(-c2ccc(Cl)c(C(=O)OC(C)C(=O)NC(=O)NC(C)C)n2)n1. The van der Waals surface area contributed by atoms with E-state index in [-0.39, 0.29) is 16.8 Å². The highest BCUT2D eigenvalue weighted by atomic mass is 35.5. The zero-order valence-electron chi connectivity index (χ0n) is 16.2. The lowest BCUT2D eigenvalue weighted by atomic mass is 10.3. The monoisotopic (exact) mass is 407 g/mol. The molecule has 1 atom stereocenters. The Bertz CT molecular complexity index is 909. The Labute approximate surface area is 167 Å². The van der Waals surface area contributed by atoms with Gasteiger partial charge >= 0.3 is 12.0 Å². The van der Waals surface area contributed by atoms with Gasteiger partial charge in [0, 0.05) is 11.7 Å². The van der Waals surface area contributed by atoms with Crippen LogP contribution < -0.4 is 10.6 Å². The molecule has 0 bridgehead atoms. The van der Waals surface area contributed by atoms with Gasteiger partial charge < -0.3 is 10.1 Å². The molecule has 150 valence electrons. The Hall–Kier alpha value is -2.94. The summed E-state index contributed by atoms with van der Waals surface area (Å²) in [5.41, 5.74) is 1.47. The maximum absolute atomic E-state index is 12.4. The second-order valence-corrected chi connectivity index (χ2v) is 6.91. The van der Waals surface area contributed by atoms with E-state index in [1.54, 1.807) is 24.6 Å². The predicted octanol–water partition coefficient (Wildman–Crippen LogP) is 2.32. The molecular weight excluding hydrogens is 386 g/mol. The number of imide groups is 1. The summed E-state index contributed by atoms with van der Waals surface area (Å²) in [4.78, 5) is 40.2. The molecule has 0 aliphatic heterocycles. The van der Waals surface area contributed by atoms with E-state index >= 15 is 0 Å². The molecule has 0 aliphatic rings. The van der Waals surface area contributed by atoms with Crippen LogP contribution >= 0.6 is 11.6 Å². The molecule has 0 fully saturated rings. The minimum Gasteiger partial charge on any atom is -0.448 e. The number of ether oxygens (including phenoxy) is 1. The van der Waals surface area contributed by atoms with Crippen LogP contribution in [0.4, 0.5) is 4.79 Å². The average Bonchev–Trinajstić information content (AvgIpc) is 2.92. The van der Waals surface area contributed by atoms with Crippen LogP contribution in [0.2, 0.25) is 5.02 Å². The van der Waals surface area contributed by atoms with Gasteiger partial charge in [0.05, 0.1) is 10.7 Å².